The summed E-state index contributed by atoms with van der Waals surface area (Å²) < 4.78 is 5.95. The second kappa shape index (κ2) is 5.65. The van der Waals surface area contributed by atoms with Gasteiger partial charge in [-0.2, -0.15) is 0 Å². The fraction of sp³-hybridized carbons (Fsp3) is 0.188. The van der Waals surface area contributed by atoms with Gasteiger partial charge in [-0.15, -0.1) is 0 Å². The van der Waals surface area contributed by atoms with E-state index in [0.717, 1.165) is 22.4 Å². The molecule has 4 nitrogen and oxygen atoms in total. The van der Waals surface area contributed by atoms with E-state index in [2.05, 4.69) is 11.2 Å². The summed E-state index contributed by atoms with van der Waals surface area (Å²) in [4.78, 5) is 0. The lowest BCUT2D eigenvalue weighted by Gasteiger charge is -2.14. The van der Waals surface area contributed by atoms with E-state index in [4.69, 9.17) is 15.7 Å². The third-order valence-corrected chi connectivity index (χ3v) is 3.01. The summed E-state index contributed by atoms with van der Waals surface area (Å²) >= 11 is 0. The molecule has 0 amide bonds. The lowest BCUT2D eigenvalue weighted by molar-refractivity contribution is 0.318. The Kier molecular flexibility index (Phi) is 3.94. The second-order valence-corrected chi connectivity index (χ2v) is 4.86. The third-order valence-electron chi connectivity index (χ3n) is 3.01. The normalized spacial score (nSPS) is 11.4. The van der Waals surface area contributed by atoms with Crippen LogP contribution in [0.3, 0.4) is 0 Å². The predicted molar refractivity (Wildman–Crippen MR) is 79.7 cm³/mol. The van der Waals surface area contributed by atoms with Crippen LogP contribution in [0.2, 0.25) is 0 Å². The zero-order valence-corrected chi connectivity index (χ0v) is 11.8. The van der Waals surface area contributed by atoms with Crippen molar-refractivity contribution in [3.05, 3.63) is 58.7 Å². The lowest BCUT2D eigenvalue weighted by Crippen LogP contribution is -2.14. The highest BCUT2D eigenvalue weighted by Gasteiger charge is 2.12. The maximum Gasteiger partial charge on any atom is 0.173 e. The van der Waals surface area contributed by atoms with Crippen LogP contribution in [0.1, 0.15) is 22.3 Å². The standard InChI is InChI=1S/C16H18N2O2/c1-10-7-11(2)9-13(8-10)20-15-12(3)5-4-6-14(15)16(17)18-19/h4-9,19H,1-3H3,(H2,17,18). The van der Waals surface area contributed by atoms with Crippen molar-refractivity contribution in [3.8, 4) is 11.5 Å². The molecule has 4 heteroatoms. The molecule has 2 aromatic carbocycles. The number of para-hydroxylation sites is 1. The molecule has 0 radical (unpaired) electrons. The number of ether oxygens (including phenoxy) is 1. The van der Waals surface area contributed by atoms with Crippen LogP contribution in [0.4, 0.5) is 0 Å². The molecule has 0 heterocycles. The van der Waals surface area contributed by atoms with E-state index in [1.54, 1.807) is 6.07 Å². The van der Waals surface area contributed by atoms with Gasteiger partial charge in [0, 0.05) is 0 Å². The van der Waals surface area contributed by atoms with Gasteiger partial charge in [-0.3, -0.25) is 0 Å². The van der Waals surface area contributed by atoms with Crippen LogP contribution < -0.4 is 10.5 Å². The van der Waals surface area contributed by atoms with Gasteiger partial charge in [-0.25, -0.2) is 0 Å². The first-order valence-electron chi connectivity index (χ1n) is 6.35. The summed E-state index contributed by atoms with van der Waals surface area (Å²) in [5.41, 5.74) is 9.45. The summed E-state index contributed by atoms with van der Waals surface area (Å²) in [5.74, 6) is 1.38. The Labute approximate surface area is 118 Å². The molecule has 2 aromatic rings. The molecule has 104 valence electrons. The van der Waals surface area contributed by atoms with Crippen molar-refractivity contribution in [2.45, 2.75) is 20.8 Å². The molecule has 3 N–H and O–H groups in total. The minimum atomic E-state index is 0.0353. The van der Waals surface area contributed by atoms with Crippen LogP contribution in [0.15, 0.2) is 41.6 Å². The Morgan fingerprint density at radius 2 is 1.75 bits per heavy atom. The summed E-state index contributed by atoms with van der Waals surface area (Å²) in [6, 6.07) is 11.5. The smallest absolute Gasteiger partial charge is 0.173 e. The molecule has 0 bridgehead atoms. The maximum atomic E-state index is 8.87. The monoisotopic (exact) mass is 270 g/mol. The zero-order chi connectivity index (χ0) is 14.7. The Morgan fingerprint density at radius 1 is 1.10 bits per heavy atom. The van der Waals surface area contributed by atoms with Crippen LogP contribution in [-0.2, 0) is 0 Å². The quantitative estimate of drug-likeness (QED) is 0.388. The predicted octanol–water partition coefficient (Wildman–Crippen LogP) is 3.50. The minimum absolute atomic E-state index is 0.0353. The van der Waals surface area contributed by atoms with Crippen LogP contribution in [0, 0.1) is 20.8 Å². The van der Waals surface area contributed by atoms with Gasteiger partial charge in [0.1, 0.15) is 11.5 Å². The van der Waals surface area contributed by atoms with Gasteiger partial charge >= 0.3 is 0 Å². The maximum absolute atomic E-state index is 8.87. The van der Waals surface area contributed by atoms with Gasteiger partial charge in [0.25, 0.3) is 0 Å². The van der Waals surface area contributed by atoms with Gasteiger partial charge < -0.3 is 15.7 Å². The van der Waals surface area contributed by atoms with Crippen LogP contribution in [0.25, 0.3) is 0 Å². The number of aryl methyl sites for hydroxylation is 3. The summed E-state index contributed by atoms with van der Waals surface area (Å²) in [6.07, 6.45) is 0. The Morgan fingerprint density at radius 3 is 2.35 bits per heavy atom. The number of hydrogen-bond acceptors (Lipinski definition) is 3. The van der Waals surface area contributed by atoms with E-state index in [-0.39, 0.29) is 5.84 Å². The molecule has 0 saturated heterocycles. The van der Waals surface area contributed by atoms with Crippen molar-refractivity contribution < 1.29 is 9.94 Å². The molecule has 0 saturated carbocycles. The fourth-order valence-electron chi connectivity index (χ4n) is 2.15. The van der Waals surface area contributed by atoms with E-state index < -0.39 is 0 Å². The van der Waals surface area contributed by atoms with Crippen LogP contribution in [-0.4, -0.2) is 11.0 Å². The number of amidine groups is 1. The topological polar surface area (TPSA) is 67.8 Å². The van der Waals surface area contributed by atoms with Crippen molar-refractivity contribution in [3.63, 3.8) is 0 Å². The molecular weight excluding hydrogens is 252 g/mol. The Balaban J connectivity index is 2.47. The SMILES string of the molecule is Cc1cc(C)cc(Oc2c(C)cccc2/C(N)=N/O)c1. The van der Waals surface area contributed by atoms with Crippen molar-refractivity contribution in [1.29, 1.82) is 0 Å². The minimum Gasteiger partial charge on any atom is -0.456 e. The van der Waals surface area contributed by atoms with Gasteiger partial charge in [0.2, 0.25) is 0 Å². The molecule has 0 unspecified atom stereocenters. The highest BCUT2D eigenvalue weighted by atomic mass is 16.5. The van der Waals surface area contributed by atoms with E-state index in [0.29, 0.717) is 11.3 Å². The van der Waals surface area contributed by atoms with Gasteiger partial charge in [0.05, 0.1) is 5.56 Å². The third kappa shape index (κ3) is 2.91. The van der Waals surface area contributed by atoms with E-state index in [1.807, 2.05) is 45.0 Å². The highest BCUT2D eigenvalue weighted by molar-refractivity contribution is 6.00. The number of nitrogens with zero attached hydrogens (tertiary/aromatic N) is 1. The lowest BCUT2D eigenvalue weighted by atomic mass is 10.1. The number of hydrogen-bond donors (Lipinski definition) is 2. The molecule has 0 aromatic heterocycles. The number of rotatable bonds is 3. The van der Waals surface area contributed by atoms with Crippen molar-refractivity contribution in [2.75, 3.05) is 0 Å². The van der Waals surface area contributed by atoms with Gasteiger partial charge in [-0.05, 0) is 55.7 Å². The summed E-state index contributed by atoms with van der Waals surface area (Å²) in [7, 11) is 0. The van der Waals surface area contributed by atoms with E-state index in [9.17, 15) is 0 Å². The van der Waals surface area contributed by atoms with Crippen molar-refractivity contribution in [2.24, 2.45) is 10.9 Å². The molecule has 20 heavy (non-hydrogen) atoms. The number of nitrogens with two attached hydrogens (primary N) is 1. The molecule has 0 aliphatic carbocycles. The van der Waals surface area contributed by atoms with Crippen LogP contribution >= 0.6 is 0 Å². The zero-order valence-electron chi connectivity index (χ0n) is 11.8. The molecule has 0 aliphatic rings. The summed E-state index contributed by atoms with van der Waals surface area (Å²) in [5, 5.41) is 11.9. The summed E-state index contributed by atoms with van der Waals surface area (Å²) in [6.45, 7) is 5.95. The fourth-order valence-corrected chi connectivity index (χ4v) is 2.15. The Hall–Kier alpha value is -2.49. The number of benzene rings is 2. The first-order valence-corrected chi connectivity index (χ1v) is 6.35. The van der Waals surface area contributed by atoms with E-state index >= 15 is 0 Å². The first kappa shape index (κ1) is 13.9. The molecule has 0 spiro atoms. The number of oxime groups is 1. The van der Waals surface area contributed by atoms with Crippen molar-refractivity contribution in [1.82, 2.24) is 0 Å². The largest absolute Gasteiger partial charge is 0.456 e. The molecule has 0 atom stereocenters. The van der Waals surface area contributed by atoms with Crippen molar-refractivity contribution >= 4 is 5.84 Å². The molecular formula is C16H18N2O2. The molecule has 2 rings (SSSR count). The van der Waals surface area contributed by atoms with Gasteiger partial charge in [-0.1, -0.05) is 23.4 Å². The first-order chi connectivity index (χ1) is 9.51. The molecule has 0 fully saturated rings. The Bertz CT molecular complexity index is 643. The average Bonchev–Trinajstić information content (AvgIpc) is 2.39. The van der Waals surface area contributed by atoms with E-state index in [1.165, 1.54) is 0 Å². The second-order valence-electron chi connectivity index (χ2n) is 4.86. The average molecular weight is 270 g/mol. The highest BCUT2D eigenvalue weighted by Crippen LogP contribution is 2.30. The van der Waals surface area contributed by atoms with Gasteiger partial charge in [0.15, 0.2) is 5.84 Å². The molecule has 0 aliphatic heterocycles. The van der Waals surface area contributed by atoms with Crippen LogP contribution in [0.5, 0.6) is 11.5 Å².